The molecule has 0 radical (unpaired) electrons. The van der Waals surface area contributed by atoms with Crippen molar-refractivity contribution < 1.29 is 4.92 Å². The van der Waals surface area contributed by atoms with Gasteiger partial charge in [-0.1, -0.05) is 18.2 Å². The smallest absolute Gasteiger partial charge is 0.235 e. The second-order valence-corrected chi connectivity index (χ2v) is 3.55. The highest BCUT2D eigenvalue weighted by atomic mass is 16.6. The van der Waals surface area contributed by atoms with Crippen LogP contribution in [0.2, 0.25) is 0 Å². The van der Waals surface area contributed by atoms with Crippen molar-refractivity contribution in [1.82, 2.24) is 9.78 Å². The van der Waals surface area contributed by atoms with E-state index < -0.39 is 4.92 Å². The summed E-state index contributed by atoms with van der Waals surface area (Å²) in [6, 6.07) is 9.60. The molecule has 0 bridgehead atoms. The molecule has 86 valence electrons. The molecule has 5 nitrogen and oxygen atoms in total. The molecule has 0 aliphatic rings. The zero-order valence-corrected chi connectivity index (χ0v) is 9.28. The van der Waals surface area contributed by atoms with E-state index in [9.17, 15) is 10.1 Å². The number of hydrogen-bond donors (Lipinski definition) is 0. The first-order valence-electron chi connectivity index (χ1n) is 5.10. The Morgan fingerprint density at radius 1 is 1.35 bits per heavy atom. The average Bonchev–Trinajstić information content (AvgIpc) is 2.69. The van der Waals surface area contributed by atoms with E-state index in [-0.39, 0.29) is 0 Å². The number of aromatic nitrogens is 2. The van der Waals surface area contributed by atoms with Gasteiger partial charge in [0.25, 0.3) is 0 Å². The maximum absolute atomic E-state index is 10.3. The lowest BCUT2D eigenvalue weighted by Crippen LogP contribution is -1.93. The van der Waals surface area contributed by atoms with Crippen LogP contribution in [0.25, 0.3) is 11.8 Å². The van der Waals surface area contributed by atoms with Gasteiger partial charge >= 0.3 is 0 Å². The predicted molar refractivity (Wildman–Crippen MR) is 64.3 cm³/mol. The molecule has 0 N–H and O–H groups in total. The Morgan fingerprint density at radius 2 is 2.06 bits per heavy atom. The highest BCUT2D eigenvalue weighted by Gasteiger charge is 2.04. The summed E-state index contributed by atoms with van der Waals surface area (Å²) < 4.78 is 1.70. The van der Waals surface area contributed by atoms with Gasteiger partial charge in [-0.05, 0) is 19.1 Å². The Kier molecular flexibility index (Phi) is 3.00. The lowest BCUT2D eigenvalue weighted by molar-refractivity contribution is -0.400. The average molecular weight is 229 g/mol. The van der Waals surface area contributed by atoms with Crippen molar-refractivity contribution in [3.63, 3.8) is 0 Å². The van der Waals surface area contributed by atoms with Crippen LogP contribution in [-0.2, 0) is 0 Å². The van der Waals surface area contributed by atoms with Gasteiger partial charge in [-0.15, -0.1) is 0 Å². The van der Waals surface area contributed by atoms with Gasteiger partial charge < -0.3 is 0 Å². The Labute approximate surface area is 98.2 Å². The molecule has 2 aromatic rings. The van der Waals surface area contributed by atoms with Crippen molar-refractivity contribution >= 4 is 6.08 Å². The van der Waals surface area contributed by atoms with Crippen molar-refractivity contribution in [3.8, 4) is 5.69 Å². The first kappa shape index (κ1) is 11.1. The normalized spacial score (nSPS) is 10.9. The third kappa shape index (κ3) is 2.57. The van der Waals surface area contributed by atoms with E-state index in [1.54, 1.807) is 10.9 Å². The van der Waals surface area contributed by atoms with Gasteiger partial charge in [-0.25, -0.2) is 4.68 Å². The van der Waals surface area contributed by atoms with Gasteiger partial charge in [0.1, 0.15) is 0 Å². The maximum Gasteiger partial charge on any atom is 0.235 e. The maximum atomic E-state index is 10.3. The van der Waals surface area contributed by atoms with E-state index >= 15 is 0 Å². The summed E-state index contributed by atoms with van der Waals surface area (Å²) in [4.78, 5) is 9.77. The van der Waals surface area contributed by atoms with Crippen LogP contribution >= 0.6 is 0 Å². The van der Waals surface area contributed by atoms with Crippen molar-refractivity contribution in [2.24, 2.45) is 0 Å². The standard InChI is InChI=1S/C12H11N3O2/c1-10-11(7-8-15(16)17)9-14(13-10)12-5-3-2-4-6-12/h2-9H,1H3/b8-7+. The highest BCUT2D eigenvalue weighted by molar-refractivity contribution is 5.50. The van der Waals surface area contributed by atoms with E-state index in [2.05, 4.69) is 5.10 Å². The zero-order chi connectivity index (χ0) is 12.3. The molecule has 1 aromatic heterocycles. The minimum Gasteiger partial charge on any atom is -0.259 e. The van der Waals surface area contributed by atoms with Crippen LogP contribution in [-0.4, -0.2) is 14.7 Å². The van der Waals surface area contributed by atoms with E-state index in [1.807, 2.05) is 37.3 Å². The van der Waals surface area contributed by atoms with E-state index in [4.69, 9.17) is 0 Å². The minimum atomic E-state index is -0.487. The van der Waals surface area contributed by atoms with Crippen LogP contribution < -0.4 is 0 Å². The first-order chi connectivity index (χ1) is 8.16. The molecule has 0 unspecified atom stereocenters. The van der Waals surface area contributed by atoms with E-state index in [0.717, 1.165) is 23.1 Å². The fraction of sp³-hybridized carbons (Fsp3) is 0.0833. The number of benzene rings is 1. The summed E-state index contributed by atoms with van der Waals surface area (Å²) in [5.41, 5.74) is 2.42. The van der Waals surface area contributed by atoms with Crippen molar-refractivity contribution in [2.45, 2.75) is 6.92 Å². The van der Waals surface area contributed by atoms with Crippen LogP contribution in [0, 0.1) is 17.0 Å². The van der Waals surface area contributed by atoms with Gasteiger partial charge in [0.2, 0.25) is 6.20 Å². The summed E-state index contributed by atoms with van der Waals surface area (Å²) in [5, 5.41) is 14.6. The zero-order valence-electron chi connectivity index (χ0n) is 9.28. The van der Waals surface area contributed by atoms with Crippen LogP contribution in [0.5, 0.6) is 0 Å². The lowest BCUT2D eigenvalue weighted by atomic mass is 10.2. The molecule has 1 aromatic carbocycles. The van der Waals surface area contributed by atoms with Gasteiger partial charge in [0, 0.05) is 17.8 Å². The molecule has 17 heavy (non-hydrogen) atoms. The minimum absolute atomic E-state index is 0.487. The van der Waals surface area contributed by atoms with Crippen molar-refractivity contribution in [1.29, 1.82) is 0 Å². The summed E-state index contributed by atoms with van der Waals surface area (Å²) in [6.45, 7) is 1.82. The van der Waals surface area contributed by atoms with Gasteiger partial charge in [0.15, 0.2) is 0 Å². The van der Waals surface area contributed by atoms with Crippen LogP contribution in [0.4, 0.5) is 0 Å². The molecular weight excluding hydrogens is 218 g/mol. The molecule has 0 aliphatic carbocycles. The molecule has 0 amide bonds. The third-order valence-electron chi connectivity index (χ3n) is 2.33. The Hall–Kier alpha value is -2.43. The molecule has 2 rings (SSSR count). The highest BCUT2D eigenvalue weighted by Crippen LogP contribution is 2.12. The topological polar surface area (TPSA) is 61.0 Å². The van der Waals surface area contributed by atoms with E-state index in [0.29, 0.717) is 0 Å². The quantitative estimate of drug-likeness (QED) is 0.599. The third-order valence-corrected chi connectivity index (χ3v) is 2.33. The van der Waals surface area contributed by atoms with Crippen LogP contribution in [0.3, 0.4) is 0 Å². The summed E-state index contributed by atoms with van der Waals surface area (Å²) >= 11 is 0. The second-order valence-electron chi connectivity index (χ2n) is 3.55. The van der Waals surface area contributed by atoms with Crippen molar-refractivity contribution in [2.75, 3.05) is 0 Å². The summed E-state index contributed by atoms with van der Waals surface area (Å²) in [6.07, 6.45) is 4.13. The predicted octanol–water partition coefficient (Wildman–Crippen LogP) is 2.43. The number of hydrogen-bond acceptors (Lipinski definition) is 3. The van der Waals surface area contributed by atoms with Crippen LogP contribution in [0.1, 0.15) is 11.3 Å². The Morgan fingerprint density at radius 3 is 2.71 bits per heavy atom. The number of nitro groups is 1. The molecule has 0 spiro atoms. The summed E-state index contributed by atoms with van der Waals surface area (Å²) in [5.74, 6) is 0. The SMILES string of the molecule is Cc1nn(-c2ccccc2)cc1/C=C/[N+](=O)[O-]. The van der Waals surface area contributed by atoms with Crippen molar-refractivity contribution in [3.05, 3.63) is 64.1 Å². The lowest BCUT2D eigenvalue weighted by Gasteiger charge is -1.98. The number of nitrogens with zero attached hydrogens (tertiary/aromatic N) is 3. The fourth-order valence-electron chi connectivity index (χ4n) is 1.49. The Balaban J connectivity index is 2.34. The van der Waals surface area contributed by atoms with Crippen LogP contribution in [0.15, 0.2) is 42.7 Å². The molecule has 0 atom stereocenters. The monoisotopic (exact) mass is 229 g/mol. The number of rotatable bonds is 3. The number of aryl methyl sites for hydroxylation is 1. The largest absolute Gasteiger partial charge is 0.259 e. The molecule has 1 heterocycles. The van der Waals surface area contributed by atoms with Gasteiger partial charge in [-0.3, -0.25) is 10.1 Å². The number of para-hydroxylation sites is 1. The molecule has 0 saturated carbocycles. The van der Waals surface area contributed by atoms with Gasteiger partial charge in [-0.2, -0.15) is 5.10 Å². The fourth-order valence-corrected chi connectivity index (χ4v) is 1.49. The second kappa shape index (κ2) is 4.61. The summed E-state index contributed by atoms with van der Waals surface area (Å²) in [7, 11) is 0. The van der Waals surface area contributed by atoms with E-state index in [1.165, 1.54) is 6.08 Å². The van der Waals surface area contributed by atoms with Gasteiger partial charge in [0.05, 0.1) is 16.3 Å². The molecule has 0 saturated heterocycles. The molecule has 5 heteroatoms. The molecule has 0 aliphatic heterocycles. The molecular formula is C12H11N3O2. The molecule has 0 fully saturated rings. The first-order valence-corrected chi connectivity index (χ1v) is 5.10. The Bertz CT molecular complexity index is 558.